The maximum atomic E-state index is 6.04. The Morgan fingerprint density at radius 2 is 2.44 bits per heavy atom. The van der Waals surface area contributed by atoms with E-state index in [0.29, 0.717) is 0 Å². The van der Waals surface area contributed by atoms with Crippen LogP contribution in [0.15, 0.2) is 17.5 Å². The number of aromatic amines is 1. The summed E-state index contributed by atoms with van der Waals surface area (Å²) in [7, 11) is 0. The molecule has 0 aliphatic carbocycles. The second-order valence-electron chi connectivity index (χ2n) is 4.87. The van der Waals surface area contributed by atoms with E-state index in [0.717, 1.165) is 37.4 Å². The lowest BCUT2D eigenvalue weighted by Crippen LogP contribution is -2.43. The summed E-state index contributed by atoms with van der Waals surface area (Å²) in [5.41, 5.74) is 8.40. The Bertz CT molecular complexity index is 517. The molecule has 0 saturated carbocycles. The molecule has 0 aromatic carbocycles. The average Bonchev–Trinajstić information content (AvgIpc) is 2.97. The van der Waals surface area contributed by atoms with E-state index in [2.05, 4.69) is 39.5 Å². The molecule has 1 saturated heterocycles. The molecule has 2 aromatic rings. The minimum absolute atomic E-state index is 0.278. The molecule has 0 amide bonds. The Morgan fingerprint density at radius 3 is 3.17 bits per heavy atom. The van der Waals surface area contributed by atoms with Crippen LogP contribution >= 0.6 is 11.3 Å². The largest absolute Gasteiger partial charge is 0.353 e. The lowest BCUT2D eigenvalue weighted by Gasteiger charge is -2.31. The number of hydrogen-bond acceptors (Lipinski definition) is 4. The smallest absolute Gasteiger partial charge is 0.154 e. The highest BCUT2D eigenvalue weighted by molar-refractivity contribution is 7.13. The fourth-order valence-electron chi connectivity index (χ4n) is 2.56. The van der Waals surface area contributed by atoms with Crippen molar-refractivity contribution in [3.05, 3.63) is 23.1 Å². The van der Waals surface area contributed by atoms with Gasteiger partial charge >= 0.3 is 0 Å². The molecule has 1 atom stereocenters. The van der Waals surface area contributed by atoms with Crippen molar-refractivity contribution in [2.24, 2.45) is 5.73 Å². The first kappa shape index (κ1) is 11.7. The molecule has 0 bridgehead atoms. The van der Waals surface area contributed by atoms with Gasteiger partial charge in [-0.3, -0.25) is 5.10 Å². The number of thiophene rings is 1. The summed E-state index contributed by atoms with van der Waals surface area (Å²) in [4.78, 5) is 3.55. The molecular weight excluding hydrogens is 244 g/mol. The molecule has 4 nitrogen and oxygen atoms in total. The fraction of sp³-hybridized carbons (Fsp3) is 0.462. The molecule has 2 aromatic heterocycles. The van der Waals surface area contributed by atoms with Crippen molar-refractivity contribution in [1.29, 1.82) is 0 Å². The molecule has 1 unspecified atom stereocenters. The van der Waals surface area contributed by atoms with E-state index in [9.17, 15) is 0 Å². The van der Waals surface area contributed by atoms with Crippen LogP contribution in [0, 0.1) is 6.92 Å². The molecular formula is C13H18N4S. The number of nitrogens with two attached hydrogens (primary N) is 1. The molecule has 96 valence electrons. The van der Waals surface area contributed by atoms with E-state index < -0.39 is 0 Å². The first-order valence-corrected chi connectivity index (χ1v) is 7.23. The molecule has 1 fully saturated rings. The Morgan fingerprint density at radius 1 is 1.56 bits per heavy atom. The van der Waals surface area contributed by atoms with E-state index >= 15 is 0 Å². The highest BCUT2D eigenvalue weighted by Gasteiger charge is 2.22. The lowest BCUT2D eigenvalue weighted by molar-refractivity contribution is 0.502. The van der Waals surface area contributed by atoms with Gasteiger partial charge in [0.05, 0.1) is 10.6 Å². The van der Waals surface area contributed by atoms with Gasteiger partial charge in [-0.1, -0.05) is 6.07 Å². The van der Waals surface area contributed by atoms with Crippen molar-refractivity contribution in [2.75, 3.05) is 18.0 Å². The topological polar surface area (TPSA) is 57.9 Å². The van der Waals surface area contributed by atoms with Crippen molar-refractivity contribution >= 4 is 17.2 Å². The highest BCUT2D eigenvalue weighted by atomic mass is 32.1. The van der Waals surface area contributed by atoms with Crippen LogP contribution in [0.1, 0.15) is 18.4 Å². The Labute approximate surface area is 111 Å². The van der Waals surface area contributed by atoms with E-state index in [4.69, 9.17) is 5.73 Å². The minimum Gasteiger partial charge on any atom is -0.353 e. The number of nitrogens with one attached hydrogen (secondary N) is 1. The number of hydrogen-bond donors (Lipinski definition) is 2. The van der Waals surface area contributed by atoms with Gasteiger partial charge in [-0.15, -0.1) is 11.3 Å². The fourth-order valence-corrected chi connectivity index (χ4v) is 3.34. The van der Waals surface area contributed by atoms with Crippen molar-refractivity contribution < 1.29 is 0 Å². The second-order valence-corrected chi connectivity index (χ2v) is 5.82. The van der Waals surface area contributed by atoms with Gasteiger partial charge in [-0.25, -0.2) is 0 Å². The maximum Gasteiger partial charge on any atom is 0.154 e. The van der Waals surface area contributed by atoms with E-state index in [1.54, 1.807) is 11.3 Å². The molecule has 3 N–H and O–H groups in total. The molecule has 1 aliphatic rings. The normalized spacial score (nSPS) is 20.3. The van der Waals surface area contributed by atoms with Crippen LogP contribution in [-0.2, 0) is 0 Å². The molecule has 18 heavy (non-hydrogen) atoms. The van der Waals surface area contributed by atoms with Gasteiger partial charge in [0.15, 0.2) is 5.82 Å². The number of H-pyrrole nitrogens is 1. The first-order chi connectivity index (χ1) is 8.75. The monoisotopic (exact) mass is 262 g/mol. The molecule has 1 aliphatic heterocycles. The molecule has 3 rings (SSSR count). The van der Waals surface area contributed by atoms with Gasteiger partial charge < -0.3 is 10.6 Å². The quantitative estimate of drug-likeness (QED) is 0.873. The summed E-state index contributed by atoms with van der Waals surface area (Å²) >= 11 is 1.74. The molecule has 5 heteroatoms. The van der Waals surface area contributed by atoms with Gasteiger partial charge in [0, 0.05) is 24.7 Å². The Balaban J connectivity index is 1.90. The van der Waals surface area contributed by atoms with Crippen LogP contribution in [0.25, 0.3) is 10.6 Å². The summed E-state index contributed by atoms with van der Waals surface area (Å²) < 4.78 is 0. The third-order valence-corrected chi connectivity index (χ3v) is 4.40. The SMILES string of the molecule is Cc1c(N2CCCC(N)C2)n[nH]c1-c1cccs1. The molecule has 3 heterocycles. The average molecular weight is 262 g/mol. The predicted molar refractivity (Wildman–Crippen MR) is 76.1 cm³/mol. The van der Waals surface area contributed by atoms with E-state index in [1.807, 2.05) is 0 Å². The lowest BCUT2D eigenvalue weighted by atomic mass is 10.1. The van der Waals surface area contributed by atoms with Crippen molar-refractivity contribution in [3.63, 3.8) is 0 Å². The molecule has 0 spiro atoms. The Hall–Kier alpha value is -1.33. The second kappa shape index (κ2) is 4.74. The maximum absolute atomic E-state index is 6.04. The standard InChI is InChI=1S/C13H18N4S/c1-9-12(11-5-3-7-18-11)15-16-13(9)17-6-2-4-10(14)8-17/h3,5,7,10H,2,4,6,8,14H2,1H3,(H,15,16). The predicted octanol–water partition coefficient (Wildman–Crippen LogP) is 2.37. The minimum atomic E-state index is 0.278. The highest BCUT2D eigenvalue weighted by Crippen LogP contribution is 2.31. The van der Waals surface area contributed by atoms with Gasteiger partial charge in [0.25, 0.3) is 0 Å². The summed E-state index contributed by atoms with van der Waals surface area (Å²) in [5.74, 6) is 1.06. The zero-order valence-corrected chi connectivity index (χ0v) is 11.3. The van der Waals surface area contributed by atoms with E-state index in [1.165, 1.54) is 10.4 Å². The first-order valence-electron chi connectivity index (χ1n) is 6.35. The summed E-state index contributed by atoms with van der Waals surface area (Å²) in [6.07, 6.45) is 2.28. The van der Waals surface area contributed by atoms with Crippen molar-refractivity contribution in [2.45, 2.75) is 25.8 Å². The molecule has 0 radical (unpaired) electrons. The van der Waals surface area contributed by atoms with Crippen LogP contribution in [-0.4, -0.2) is 29.3 Å². The van der Waals surface area contributed by atoms with Gasteiger partial charge in [0.1, 0.15) is 0 Å². The number of anilines is 1. The van der Waals surface area contributed by atoms with Crippen LogP contribution in [0.2, 0.25) is 0 Å². The summed E-state index contributed by atoms with van der Waals surface area (Å²) in [6, 6.07) is 4.47. The number of aromatic nitrogens is 2. The number of rotatable bonds is 2. The van der Waals surface area contributed by atoms with Gasteiger partial charge in [-0.05, 0) is 31.2 Å². The van der Waals surface area contributed by atoms with Crippen LogP contribution < -0.4 is 10.6 Å². The zero-order chi connectivity index (χ0) is 12.5. The van der Waals surface area contributed by atoms with Gasteiger partial charge in [-0.2, -0.15) is 5.10 Å². The number of piperidine rings is 1. The van der Waals surface area contributed by atoms with Crippen molar-refractivity contribution in [1.82, 2.24) is 10.2 Å². The van der Waals surface area contributed by atoms with Crippen LogP contribution in [0.5, 0.6) is 0 Å². The summed E-state index contributed by atoms with van der Waals surface area (Å²) in [5, 5.41) is 9.74. The van der Waals surface area contributed by atoms with Crippen LogP contribution in [0.4, 0.5) is 5.82 Å². The van der Waals surface area contributed by atoms with Crippen molar-refractivity contribution in [3.8, 4) is 10.6 Å². The third-order valence-electron chi connectivity index (χ3n) is 3.51. The third kappa shape index (κ3) is 2.04. The zero-order valence-electron chi connectivity index (χ0n) is 10.5. The summed E-state index contributed by atoms with van der Waals surface area (Å²) in [6.45, 7) is 4.10. The van der Waals surface area contributed by atoms with Crippen LogP contribution in [0.3, 0.4) is 0 Å². The van der Waals surface area contributed by atoms with Gasteiger partial charge in [0.2, 0.25) is 0 Å². The van der Waals surface area contributed by atoms with E-state index in [-0.39, 0.29) is 6.04 Å². The Kier molecular flexibility index (Phi) is 3.09. The number of nitrogens with zero attached hydrogens (tertiary/aromatic N) is 2.